The van der Waals surface area contributed by atoms with Gasteiger partial charge in [-0.2, -0.15) is 0 Å². The van der Waals surface area contributed by atoms with Gasteiger partial charge in [0.15, 0.2) is 0 Å². The minimum Gasteiger partial charge on any atom is -1.00 e. The third-order valence-corrected chi connectivity index (χ3v) is 2.40. The van der Waals surface area contributed by atoms with Gasteiger partial charge in [-0.3, -0.25) is 0 Å². The summed E-state index contributed by atoms with van der Waals surface area (Å²) >= 11 is 12.1. The normalized spacial score (nSPS) is 10.9. The maximum atomic E-state index is 6.04. The molecule has 1 aromatic carbocycles. The molecule has 0 aliphatic carbocycles. The highest BCUT2D eigenvalue weighted by atomic mass is 35.5. The first-order valence-electron chi connectivity index (χ1n) is 4.13. The van der Waals surface area contributed by atoms with Crippen molar-refractivity contribution in [3.05, 3.63) is 33.8 Å². The van der Waals surface area contributed by atoms with E-state index in [4.69, 9.17) is 23.2 Å². The monoisotopic (exact) mass is 253 g/mol. The molecule has 0 saturated carbocycles. The first-order valence-corrected chi connectivity index (χ1v) is 4.89. The van der Waals surface area contributed by atoms with Gasteiger partial charge < -0.3 is 16.9 Å². The highest BCUT2D eigenvalue weighted by Gasteiger charge is 2.14. The topological polar surface area (TPSA) is 0 Å². The average Bonchev–Trinajstić information content (AvgIpc) is 1.95. The van der Waals surface area contributed by atoms with Gasteiger partial charge in [0.25, 0.3) is 0 Å². The predicted octanol–water partition coefficient (Wildman–Crippen LogP) is 0.204. The summed E-state index contributed by atoms with van der Waals surface area (Å²) in [7, 11) is 6.33. The Morgan fingerprint density at radius 1 is 1.07 bits per heavy atom. The van der Waals surface area contributed by atoms with E-state index in [9.17, 15) is 0 Å². The van der Waals surface area contributed by atoms with Crippen molar-refractivity contribution in [1.29, 1.82) is 0 Å². The molecule has 0 saturated heterocycles. The quantitative estimate of drug-likeness (QED) is 0.662. The van der Waals surface area contributed by atoms with E-state index in [1.165, 1.54) is 0 Å². The van der Waals surface area contributed by atoms with Crippen LogP contribution in [0.25, 0.3) is 0 Å². The Morgan fingerprint density at radius 3 is 1.86 bits per heavy atom. The maximum Gasteiger partial charge on any atom is 0.107 e. The van der Waals surface area contributed by atoms with Crippen LogP contribution in [-0.4, -0.2) is 25.6 Å². The summed E-state index contributed by atoms with van der Waals surface area (Å²) in [5.74, 6) is 0. The third-order valence-electron chi connectivity index (χ3n) is 1.69. The zero-order valence-electron chi connectivity index (χ0n) is 8.52. The van der Waals surface area contributed by atoms with Crippen molar-refractivity contribution in [2.75, 3.05) is 21.1 Å². The van der Waals surface area contributed by atoms with Crippen LogP contribution in [0.2, 0.25) is 10.0 Å². The van der Waals surface area contributed by atoms with Gasteiger partial charge in [0, 0.05) is 5.56 Å². The number of hydrogen-bond acceptors (Lipinski definition) is 0. The molecule has 0 atom stereocenters. The SMILES string of the molecule is C[N+](C)(C)Cc1c(Cl)cccc1Cl.[Cl-]. The van der Waals surface area contributed by atoms with Crippen LogP contribution in [0.4, 0.5) is 0 Å². The highest BCUT2D eigenvalue weighted by Crippen LogP contribution is 2.26. The number of quaternary nitrogens is 1. The van der Waals surface area contributed by atoms with Crippen LogP contribution in [0.15, 0.2) is 18.2 Å². The van der Waals surface area contributed by atoms with Crippen LogP contribution in [0, 0.1) is 0 Å². The molecule has 0 bridgehead atoms. The summed E-state index contributed by atoms with van der Waals surface area (Å²) in [6.45, 7) is 0.846. The second kappa shape index (κ2) is 5.22. The molecule has 1 rings (SSSR count). The van der Waals surface area contributed by atoms with E-state index >= 15 is 0 Å². The lowest BCUT2D eigenvalue weighted by molar-refractivity contribution is -0.883. The molecule has 14 heavy (non-hydrogen) atoms. The van der Waals surface area contributed by atoms with Crippen molar-refractivity contribution >= 4 is 23.2 Å². The maximum absolute atomic E-state index is 6.04. The zero-order valence-corrected chi connectivity index (χ0v) is 10.8. The summed E-state index contributed by atoms with van der Waals surface area (Å²) in [5.41, 5.74) is 1.03. The fourth-order valence-electron chi connectivity index (χ4n) is 1.16. The first-order chi connectivity index (χ1) is 5.90. The van der Waals surface area contributed by atoms with E-state index in [2.05, 4.69) is 21.1 Å². The fraction of sp³-hybridized carbons (Fsp3) is 0.400. The lowest BCUT2D eigenvalue weighted by Gasteiger charge is -2.24. The number of nitrogens with zero attached hydrogens (tertiary/aromatic N) is 1. The van der Waals surface area contributed by atoms with Crippen LogP contribution in [-0.2, 0) is 6.54 Å². The molecule has 4 heteroatoms. The third kappa shape index (κ3) is 4.05. The standard InChI is InChI=1S/C10H14Cl2N.ClH/c1-13(2,3)7-8-9(11)5-4-6-10(8)12;/h4-6H,7H2,1-3H3;1H/q+1;/p-1. The minimum absolute atomic E-state index is 0. The van der Waals surface area contributed by atoms with Gasteiger partial charge >= 0.3 is 0 Å². The number of benzene rings is 1. The van der Waals surface area contributed by atoms with Gasteiger partial charge in [-0.1, -0.05) is 29.3 Å². The van der Waals surface area contributed by atoms with Crippen LogP contribution >= 0.6 is 23.2 Å². The molecule has 0 aliphatic heterocycles. The Labute approximate surface area is 102 Å². The Morgan fingerprint density at radius 2 is 1.50 bits per heavy atom. The van der Waals surface area contributed by atoms with E-state index in [0.29, 0.717) is 0 Å². The van der Waals surface area contributed by atoms with Crippen LogP contribution in [0.1, 0.15) is 5.56 Å². The van der Waals surface area contributed by atoms with Crippen molar-refractivity contribution in [2.45, 2.75) is 6.54 Å². The van der Waals surface area contributed by atoms with E-state index in [1.54, 1.807) is 0 Å². The molecule has 0 heterocycles. The van der Waals surface area contributed by atoms with Gasteiger partial charge in [-0.25, -0.2) is 0 Å². The summed E-state index contributed by atoms with van der Waals surface area (Å²) in [6.07, 6.45) is 0. The van der Waals surface area contributed by atoms with E-state index < -0.39 is 0 Å². The molecular weight excluding hydrogens is 240 g/mol. The number of hydrogen-bond donors (Lipinski definition) is 0. The average molecular weight is 255 g/mol. The Hall–Kier alpha value is 0.0500. The van der Waals surface area contributed by atoms with E-state index in [-0.39, 0.29) is 12.4 Å². The predicted molar refractivity (Wildman–Crippen MR) is 58.2 cm³/mol. The number of halogens is 3. The summed E-state index contributed by atoms with van der Waals surface area (Å²) < 4.78 is 0.823. The molecule has 0 radical (unpaired) electrons. The van der Waals surface area contributed by atoms with Gasteiger partial charge in [0.05, 0.1) is 31.2 Å². The molecule has 0 aromatic heterocycles. The second-order valence-corrected chi connectivity index (χ2v) is 4.96. The Kier molecular flexibility index (Phi) is 5.24. The Balaban J connectivity index is 0.00000169. The zero-order chi connectivity index (χ0) is 10.1. The second-order valence-electron chi connectivity index (χ2n) is 4.15. The summed E-state index contributed by atoms with van der Waals surface area (Å²) in [4.78, 5) is 0. The van der Waals surface area contributed by atoms with Crippen molar-refractivity contribution in [3.8, 4) is 0 Å². The number of rotatable bonds is 2. The molecule has 80 valence electrons. The molecule has 0 unspecified atom stereocenters. The van der Waals surface area contributed by atoms with Gasteiger partial charge in [-0.15, -0.1) is 0 Å². The van der Waals surface area contributed by atoms with E-state index in [0.717, 1.165) is 26.6 Å². The molecule has 0 fully saturated rings. The molecule has 0 amide bonds. The Bertz CT molecular complexity index is 284. The van der Waals surface area contributed by atoms with Gasteiger partial charge in [-0.05, 0) is 12.1 Å². The minimum atomic E-state index is 0. The highest BCUT2D eigenvalue weighted by molar-refractivity contribution is 6.35. The molecular formula is C10H14Cl3N. The summed E-state index contributed by atoms with van der Waals surface area (Å²) in [5, 5.41) is 1.50. The van der Waals surface area contributed by atoms with Crippen LogP contribution in [0.5, 0.6) is 0 Å². The smallest absolute Gasteiger partial charge is 0.107 e. The molecule has 1 nitrogen and oxygen atoms in total. The van der Waals surface area contributed by atoms with Crippen LogP contribution in [0.3, 0.4) is 0 Å². The summed E-state index contributed by atoms with van der Waals surface area (Å²) in [6, 6.07) is 5.61. The molecule has 1 aromatic rings. The van der Waals surface area contributed by atoms with Crippen molar-refractivity contribution in [3.63, 3.8) is 0 Å². The molecule has 0 aliphatic rings. The van der Waals surface area contributed by atoms with E-state index in [1.807, 2.05) is 18.2 Å². The molecule has 0 spiro atoms. The lowest BCUT2D eigenvalue weighted by atomic mass is 10.2. The van der Waals surface area contributed by atoms with Crippen molar-refractivity contribution < 1.29 is 16.9 Å². The largest absolute Gasteiger partial charge is 1.00 e. The first kappa shape index (κ1) is 14.1. The molecule has 0 N–H and O–H groups in total. The van der Waals surface area contributed by atoms with Gasteiger partial charge in [0.1, 0.15) is 6.54 Å². The lowest BCUT2D eigenvalue weighted by Crippen LogP contribution is -3.00. The van der Waals surface area contributed by atoms with Gasteiger partial charge in [0.2, 0.25) is 0 Å². The fourth-order valence-corrected chi connectivity index (χ4v) is 1.67. The van der Waals surface area contributed by atoms with Crippen molar-refractivity contribution in [2.24, 2.45) is 0 Å². The van der Waals surface area contributed by atoms with Crippen molar-refractivity contribution in [1.82, 2.24) is 0 Å². The van der Waals surface area contributed by atoms with Crippen LogP contribution < -0.4 is 12.4 Å².